The number of pyridine rings is 1. The fourth-order valence-electron chi connectivity index (χ4n) is 2.15. The molecule has 0 spiro atoms. The molecule has 0 unspecified atom stereocenters. The number of aryl methyl sites for hydroxylation is 1. The fourth-order valence-corrected chi connectivity index (χ4v) is 3.12. The monoisotopic (exact) mass is 347 g/mol. The van der Waals surface area contributed by atoms with Crippen molar-refractivity contribution in [3.63, 3.8) is 0 Å². The van der Waals surface area contributed by atoms with E-state index in [-0.39, 0.29) is 18.2 Å². The van der Waals surface area contributed by atoms with Crippen LogP contribution in [0.2, 0.25) is 0 Å². The van der Waals surface area contributed by atoms with E-state index in [0.29, 0.717) is 18.5 Å². The Morgan fingerprint density at radius 1 is 1.08 bits per heavy atom. The quantitative estimate of drug-likeness (QED) is 0.726. The standard InChI is InChI=1S/C17H21N3O3S/c21-17(10-4-6-15-7-5-11-18-14-15)19-12-13-24(22,23)20-16-8-2-1-3-9-16/h1-3,5,7-9,11,14,20H,4,6,10,12-13H2,(H,19,21). The van der Waals surface area contributed by atoms with E-state index >= 15 is 0 Å². The van der Waals surface area contributed by atoms with E-state index in [0.717, 1.165) is 12.0 Å². The maximum absolute atomic E-state index is 11.9. The van der Waals surface area contributed by atoms with Crippen molar-refractivity contribution in [2.24, 2.45) is 0 Å². The number of rotatable bonds is 9. The fraction of sp³-hybridized carbons (Fsp3) is 0.294. The van der Waals surface area contributed by atoms with Gasteiger partial charge in [0.05, 0.1) is 5.75 Å². The lowest BCUT2D eigenvalue weighted by atomic mass is 10.1. The lowest BCUT2D eigenvalue weighted by Gasteiger charge is -2.09. The summed E-state index contributed by atoms with van der Waals surface area (Å²) in [6.07, 6.45) is 5.32. The van der Waals surface area contributed by atoms with Gasteiger partial charge >= 0.3 is 0 Å². The van der Waals surface area contributed by atoms with Crippen LogP contribution in [0.5, 0.6) is 0 Å². The van der Waals surface area contributed by atoms with E-state index in [1.165, 1.54) is 0 Å². The Bertz CT molecular complexity index is 734. The second-order valence-corrected chi connectivity index (χ2v) is 7.19. The van der Waals surface area contributed by atoms with E-state index in [1.54, 1.807) is 36.7 Å². The van der Waals surface area contributed by atoms with Crippen molar-refractivity contribution in [1.82, 2.24) is 10.3 Å². The normalized spacial score (nSPS) is 11.0. The summed E-state index contributed by atoms with van der Waals surface area (Å²) in [5, 5.41) is 2.64. The van der Waals surface area contributed by atoms with Crippen LogP contribution in [0.15, 0.2) is 54.9 Å². The topological polar surface area (TPSA) is 88.2 Å². The number of amides is 1. The minimum absolute atomic E-state index is 0.0912. The van der Waals surface area contributed by atoms with Gasteiger partial charge in [-0.1, -0.05) is 24.3 Å². The van der Waals surface area contributed by atoms with Gasteiger partial charge in [0, 0.05) is 31.0 Å². The predicted octanol–water partition coefficient (Wildman–Crippen LogP) is 1.96. The molecule has 0 bridgehead atoms. The number of carbonyl (C=O) groups excluding carboxylic acids is 1. The highest BCUT2D eigenvalue weighted by Gasteiger charge is 2.11. The van der Waals surface area contributed by atoms with Gasteiger partial charge in [0.15, 0.2) is 0 Å². The SMILES string of the molecule is O=C(CCCc1cccnc1)NCCS(=O)(=O)Nc1ccccc1. The van der Waals surface area contributed by atoms with Crippen LogP contribution in [-0.2, 0) is 21.2 Å². The molecule has 1 heterocycles. The molecule has 0 aliphatic carbocycles. The summed E-state index contributed by atoms with van der Waals surface area (Å²) in [4.78, 5) is 15.8. The third kappa shape index (κ3) is 6.78. The number of sulfonamides is 1. The van der Waals surface area contributed by atoms with E-state index in [1.807, 2.05) is 18.2 Å². The molecule has 1 aromatic carbocycles. The van der Waals surface area contributed by atoms with Gasteiger partial charge in [0.2, 0.25) is 15.9 Å². The third-order valence-electron chi connectivity index (χ3n) is 3.33. The predicted molar refractivity (Wildman–Crippen MR) is 94.0 cm³/mol. The molecule has 24 heavy (non-hydrogen) atoms. The minimum Gasteiger partial charge on any atom is -0.355 e. The zero-order valence-electron chi connectivity index (χ0n) is 13.3. The Hall–Kier alpha value is -2.41. The highest BCUT2D eigenvalue weighted by Crippen LogP contribution is 2.07. The van der Waals surface area contributed by atoms with Gasteiger partial charge in [-0.2, -0.15) is 0 Å². The van der Waals surface area contributed by atoms with Gasteiger partial charge in [0.1, 0.15) is 0 Å². The first-order valence-corrected chi connectivity index (χ1v) is 9.41. The number of benzene rings is 1. The van der Waals surface area contributed by atoms with Crippen LogP contribution in [0.3, 0.4) is 0 Å². The minimum atomic E-state index is -3.47. The van der Waals surface area contributed by atoms with Crippen molar-refractivity contribution >= 4 is 21.6 Å². The van der Waals surface area contributed by atoms with Gasteiger partial charge < -0.3 is 5.32 Å². The number of hydrogen-bond acceptors (Lipinski definition) is 4. The van der Waals surface area contributed by atoms with E-state index in [9.17, 15) is 13.2 Å². The highest BCUT2D eigenvalue weighted by molar-refractivity contribution is 7.92. The summed E-state index contributed by atoms with van der Waals surface area (Å²) in [6, 6.07) is 12.5. The third-order valence-corrected chi connectivity index (χ3v) is 4.62. The summed E-state index contributed by atoms with van der Waals surface area (Å²) in [5.74, 6) is -0.301. The molecule has 0 fully saturated rings. The van der Waals surface area contributed by atoms with Crippen molar-refractivity contribution in [2.75, 3.05) is 17.0 Å². The molecular weight excluding hydrogens is 326 g/mol. The first kappa shape index (κ1) is 17.9. The molecule has 1 aromatic heterocycles. The molecule has 0 radical (unpaired) electrons. The summed E-state index contributed by atoms with van der Waals surface area (Å²) in [6.45, 7) is 0.0912. The van der Waals surface area contributed by atoms with Gasteiger partial charge in [-0.05, 0) is 36.6 Å². The molecule has 2 N–H and O–H groups in total. The van der Waals surface area contributed by atoms with Crippen LogP contribution in [-0.4, -0.2) is 31.6 Å². The zero-order valence-corrected chi connectivity index (χ0v) is 14.1. The molecule has 1 amide bonds. The van der Waals surface area contributed by atoms with Crippen molar-refractivity contribution < 1.29 is 13.2 Å². The second kappa shape index (κ2) is 9.02. The second-order valence-electron chi connectivity index (χ2n) is 5.35. The van der Waals surface area contributed by atoms with E-state index in [2.05, 4.69) is 15.0 Å². The van der Waals surface area contributed by atoms with Crippen LogP contribution in [0.1, 0.15) is 18.4 Å². The summed E-state index contributed by atoms with van der Waals surface area (Å²) in [7, 11) is -3.47. The number of nitrogens with one attached hydrogen (secondary N) is 2. The Labute approximate surface area is 142 Å². The average molecular weight is 347 g/mol. The first-order valence-electron chi connectivity index (χ1n) is 7.76. The van der Waals surface area contributed by atoms with Crippen molar-refractivity contribution in [3.05, 3.63) is 60.4 Å². The smallest absolute Gasteiger partial charge is 0.234 e. The van der Waals surface area contributed by atoms with Crippen LogP contribution in [0, 0.1) is 0 Å². The summed E-state index contributed by atoms with van der Waals surface area (Å²) < 4.78 is 26.3. The summed E-state index contributed by atoms with van der Waals surface area (Å²) >= 11 is 0. The lowest BCUT2D eigenvalue weighted by molar-refractivity contribution is -0.121. The largest absolute Gasteiger partial charge is 0.355 e. The summed E-state index contributed by atoms with van der Waals surface area (Å²) in [5.41, 5.74) is 1.60. The molecule has 0 saturated heterocycles. The molecule has 7 heteroatoms. The number of para-hydroxylation sites is 1. The Balaban J connectivity index is 1.64. The Kier molecular flexibility index (Phi) is 6.74. The maximum Gasteiger partial charge on any atom is 0.234 e. The van der Waals surface area contributed by atoms with Crippen molar-refractivity contribution in [1.29, 1.82) is 0 Å². The number of nitrogens with zero attached hydrogens (tertiary/aromatic N) is 1. The first-order chi connectivity index (χ1) is 11.6. The molecule has 0 saturated carbocycles. The number of hydrogen-bond donors (Lipinski definition) is 2. The zero-order chi connectivity index (χ0) is 17.3. The van der Waals surface area contributed by atoms with Gasteiger partial charge in [-0.15, -0.1) is 0 Å². The molecule has 2 aromatic rings. The van der Waals surface area contributed by atoms with Crippen LogP contribution < -0.4 is 10.0 Å². The lowest BCUT2D eigenvalue weighted by Crippen LogP contribution is -2.31. The molecule has 0 aliphatic rings. The highest BCUT2D eigenvalue weighted by atomic mass is 32.2. The van der Waals surface area contributed by atoms with E-state index < -0.39 is 10.0 Å². The average Bonchev–Trinajstić information content (AvgIpc) is 2.56. The van der Waals surface area contributed by atoms with Crippen molar-refractivity contribution in [2.45, 2.75) is 19.3 Å². The molecule has 2 rings (SSSR count). The maximum atomic E-state index is 11.9. The molecule has 0 aliphatic heterocycles. The molecule has 6 nitrogen and oxygen atoms in total. The Morgan fingerprint density at radius 3 is 2.58 bits per heavy atom. The Morgan fingerprint density at radius 2 is 1.88 bits per heavy atom. The van der Waals surface area contributed by atoms with Crippen LogP contribution in [0.4, 0.5) is 5.69 Å². The molecule has 0 atom stereocenters. The van der Waals surface area contributed by atoms with Crippen molar-refractivity contribution in [3.8, 4) is 0 Å². The number of anilines is 1. The van der Waals surface area contributed by atoms with E-state index in [4.69, 9.17) is 0 Å². The number of aromatic nitrogens is 1. The molecular formula is C17H21N3O3S. The van der Waals surface area contributed by atoms with Gasteiger partial charge in [-0.3, -0.25) is 14.5 Å². The number of carbonyl (C=O) groups is 1. The van der Waals surface area contributed by atoms with Gasteiger partial charge in [-0.25, -0.2) is 8.42 Å². The van der Waals surface area contributed by atoms with Gasteiger partial charge in [0.25, 0.3) is 0 Å². The van der Waals surface area contributed by atoms with Crippen LogP contribution in [0.25, 0.3) is 0 Å². The molecule has 128 valence electrons. The van der Waals surface area contributed by atoms with Crippen LogP contribution >= 0.6 is 0 Å².